The molecule has 33 heavy (non-hydrogen) atoms. The van der Waals surface area contributed by atoms with E-state index in [4.69, 9.17) is 44.3 Å². The summed E-state index contributed by atoms with van der Waals surface area (Å²) in [5.41, 5.74) is 1.18. The van der Waals surface area contributed by atoms with Gasteiger partial charge in [0, 0.05) is 15.6 Å². The van der Waals surface area contributed by atoms with Gasteiger partial charge in [0.25, 0.3) is 11.8 Å². The number of nitrogens with one attached hydrogen (secondary N) is 2. The average molecular weight is 506 g/mol. The molecular weight excluding hydrogens is 487 g/mol. The quantitative estimate of drug-likeness (QED) is 0.382. The summed E-state index contributed by atoms with van der Waals surface area (Å²) in [6.45, 7) is 0. The Kier molecular flexibility index (Phi) is 8.22. The summed E-state index contributed by atoms with van der Waals surface area (Å²) in [6.07, 6.45) is 1.50. The van der Waals surface area contributed by atoms with E-state index in [1.54, 1.807) is 54.6 Å². The van der Waals surface area contributed by atoms with Gasteiger partial charge in [-0.25, -0.2) is 0 Å². The van der Waals surface area contributed by atoms with Crippen LogP contribution < -0.4 is 20.1 Å². The number of methoxy groups -OCH3 is 2. The Hall–Kier alpha value is -3.19. The number of anilines is 1. The summed E-state index contributed by atoms with van der Waals surface area (Å²) < 4.78 is 10.6. The van der Waals surface area contributed by atoms with Crippen molar-refractivity contribution in [2.45, 2.75) is 0 Å². The number of halogens is 3. The molecule has 0 radical (unpaired) electrons. The van der Waals surface area contributed by atoms with E-state index < -0.39 is 11.8 Å². The minimum Gasteiger partial charge on any atom is -0.493 e. The molecule has 0 aliphatic rings. The third kappa shape index (κ3) is 6.42. The van der Waals surface area contributed by atoms with Gasteiger partial charge in [0.05, 0.1) is 24.9 Å². The van der Waals surface area contributed by atoms with Crippen molar-refractivity contribution >= 4 is 58.4 Å². The molecule has 0 aromatic heterocycles. The van der Waals surface area contributed by atoms with Gasteiger partial charge < -0.3 is 20.1 Å². The molecule has 0 fully saturated rings. The largest absolute Gasteiger partial charge is 0.493 e. The molecule has 0 aliphatic heterocycles. The molecule has 2 N–H and O–H groups in total. The molecule has 0 atom stereocenters. The lowest BCUT2D eigenvalue weighted by atomic mass is 10.1. The van der Waals surface area contributed by atoms with Crippen LogP contribution in [0.3, 0.4) is 0 Å². The fourth-order valence-electron chi connectivity index (χ4n) is 2.85. The fourth-order valence-corrected chi connectivity index (χ4v) is 3.31. The van der Waals surface area contributed by atoms with Gasteiger partial charge in [-0.15, -0.1) is 0 Å². The molecular formula is C24H19Cl3N2O4. The normalized spacial score (nSPS) is 11.0. The van der Waals surface area contributed by atoms with Crippen molar-refractivity contribution in [3.8, 4) is 11.5 Å². The first-order valence-corrected chi connectivity index (χ1v) is 10.7. The summed E-state index contributed by atoms with van der Waals surface area (Å²) in [7, 11) is 3.02. The zero-order valence-electron chi connectivity index (χ0n) is 17.6. The van der Waals surface area contributed by atoms with E-state index in [1.807, 2.05) is 0 Å². The molecule has 0 saturated heterocycles. The average Bonchev–Trinajstić information content (AvgIpc) is 2.81. The van der Waals surface area contributed by atoms with E-state index in [2.05, 4.69) is 10.6 Å². The number of ether oxygens (including phenoxy) is 2. The molecule has 0 heterocycles. The lowest BCUT2D eigenvalue weighted by Gasteiger charge is -2.13. The third-order valence-electron chi connectivity index (χ3n) is 4.49. The van der Waals surface area contributed by atoms with Crippen LogP contribution in [0.4, 0.5) is 5.69 Å². The van der Waals surface area contributed by atoms with Gasteiger partial charge in [0.2, 0.25) is 0 Å². The van der Waals surface area contributed by atoms with E-state index >= 15 is 0 Å². The van der Waals surface area contributed by atoms with Gasteiger partial charge >= 0.3 is 0 Å². The van der Waals surface area contributed by atoms with Gasteiger partial charge in [-0.05, 0) is 66.2 Å². The highest BCUT2D eigenvalue weighted by Gasteiger charge is 2.17. The smallest absolute Gasteiger partial charge is 0.272 e. The van der Waals surface area contributed by atoms with Gasteiger partial charge in [-0.2, -0.15) is 0 Å². The molecule has 3 aromatic rings. The molecule has 0 spiro atoms. The minimum atomic E-state index is -0.601. The molecule has 3 rings (SSSR count). The zero-order valence-corrected chi connectivity index (χ0v) is 19.9. The first-order chi connectivity index (χ1) is 15.8. The fraction of sp³-hybridized carbons (Fsp3) is 0.0833. The SMILES string of the molecule is COc1ccc(C=C(NC(=O)c2ccc(Cl)cc2)C(=O)Nc2cc(Cl)ccc2Cl)cc1OC. The van der Waals surface area contributed by atoms with Gasteiger partial charge in [-0.3, -0.25) is 9.59 Å². The zero-order chi connectivity index (χ0) is 24.0. The number of rotatable bonds is 7. The number of hydrogen-bond donors (Lipinski definition) is 2. The highest BCUT2D eigenvalue weighted by Crippen LogP contribution is 2.29. The summed E-state index contributed by atoms with van der Waals surface area (Å²) in [6, 6.07) is 16.0. The first kappa shape index (κ1) is 24.5. The van der Waals surface area contributed by atoms with Crippen LogP contribution >= 0.6 is 34.8 Å². The van der Waals surface area contributed by atoms with Gasteiger partial charge in [0.1, 0.15) is 5.70 Å². The molecule has 0 unspecified atom stereocenters. The Morgan fingerprint density at radius 2 is 1.48 bits per heavy atom. The summed E-state index contributed by atoms with van der Waals surface area (Å²) in [5, 5.41) is 6.49. The highest BCUT2D eigenvalue weighted by molar-refractivity contribution is 6.36. The molecule has 0 saturated carbocycles. The molecule has 6 nitrogen and oxygen atoms in total. The van der Waals surface area contributed by atoms with Crippen molar-refractivity contribution in [2.24, 2.45) is 0 Å². The highest BCUT2D eigenvalue weighted by atomic mass is 35.5. The predicted octanol–water partition coefficient (Wildman–Crippen LogP) is 6.07. The third-order valence-corrected chi connectivity index (χ3v) is 5.31. The van der Waals surface area contributed by atoms with Crippen LogP contribution in [0, 0.1) is 0 Å². The van der Waals surface area contributed by atoms with Crippen LogP contribution in [0.25, 0.3) is 6.08 Å². The maximum atomic E-state index is 13.1. The maximum absolute atomic E-state index is 13.1. The molecule has 9 heteroatoms. The van der Waals surface area contributed by atoms with Crippen LogP contribution in [0.5, 0.6) is 11.5 Å². The van der Waals surface area contributed by atoms with Crippen LogP contribution in [-0.4, -0.2) is 26.0 Å². The Labute approximate surface area is 206 Å². The molecule has 0 bridgehead atoms. The number of carbonyl (C=O) groups is 2. The van der Waals surface area contributed by atoms with Crippen LogP contribution in [0.15, 0.2) is 66.4 Å². The Morgan fingerprint density at radius 1 is 0.818 bits per heavy atom. The lowest BCUT2D eigenvalue weighted by molar-refractivity contribution is -0.113. The van der Waals surface area contributed by atoms with Crippen molar-refractivity contribution in [2.75, 3.05) is 19.5 Å². The molecule has 2 amide bonds. The Bertz CT molecular complexity index is 1210. The number of amides is 2. The monoisotopic (exact) mass is 504 g/mol. The maximum Gasteiger partial charge on any atom is 0.272 e. The van der Waals surface area contributed by atoms with E-state index in [9.17, 15) is 9.59 Å². The van der Waals surface area contributed by atoms with Crippen LogP contribution in [0.1, 0.15) is 15.9 Å². The molecule has 0 aliphatic carbocycles. The second kappa shape index (κ2) is 11.1. The number of carbonyl (C=O) groups excluding carboxylic acids is 2. The van der Waals surface area contributed by atoms with Gasteiger partial charge in [0.15, 0.2) is 11.5 Å². The standard InChI is InChI=1S/C24H19Cl3N2O4/c1-32-21-10-3-14(12-22(21)33-2)11-20(29-23(30)15-4-6-16(25)7-5-15)24(31)28-19-13-17(26)8-9-18(19)27/h3-13H,1-2H3,(H,28,31)(H,29,30). The van der Waals surface area contributed by atoms with Gasteiger partial charge in [-0.1, -0.05) is 40.9 Å². The Morgan fingerprint density at radius 3 is 2.15 bits per heavy atom. The first-order valence-electron chi connectivity index (χ1n) is 9.57. The minimum absolute atomic E-state index is 0.0294. The predicted molar refractivity (Wildman–Crippen MR) is 132 cm³/mol. The summed E-state index contributed by atoms with van der Waals surface area (Å²) in [4.78, 5) is 25.9. The summed E-state index contributed by atoms with van der Waals surface area (Å²) >= 11 is 18.1. The summed E-state index contributed by atoms with van der Waals surface area (Å²) in [5.74, 6) is -0.105. The topological polar surface area (TPSA) is 76.7 Å². The van der Waals surface area contributed by atoms with Crippen molar-refractivity contribution in [1.29, 1.82) is 0 Å². The number of hydrogen-bond acceptors (Lipinski definition) is 4. The van der Waals surface area contributed by atoms with E-state index in [0.29, 0.717) is 43.4 Å². The second-order valence-electron chi connectivity index (χ2n) is 6.71. The lowest BCUT2D eigenvalue weighted by Crippen LogP contribution is -2.30. The number of benzene rings is 3. The van der Waals surface area contributed by atoms with Crippen LogP contribution in [-0.2, 0) is 4.79 Å². The van der Waals surface area contributed by atoms with E-state index in [-0.39, 0.29) is 5.70 Å². The van der Waals surface area contributed by atoms with Crippen molar-refractivity contribution in [1.82, 2.24) is 5.32 Å². The van der Waals surface area contributed by atoms with Crippen molar-refractivity contribution in [3.63, 3.8) is 0 Å². The van der Waals surface area contributed by atoms with Crippen molar-refractivity contribution in [3.05, 3.63) is 92.6 Å². The van der Waals surface area contributed by atoms with E-state index in [0.717, 1.165) is 0 Å². The second-order valence-corrected chi connectivity index (χ2v) is 7.99. The Balaban J connectivity index is 1.97. The molecule has 3 aromatic carbocycles. The van der Waals surface area contributed by atoms with Crippen molar-refractivity contribution < 1.29 is 19.1 Å². The van der Waals surface area contributed by atoms with E-state index in [1.165, 1.54) is 26.4 Å². The molecule has 170 valence electrons. The van der Waals surface area contributed by atoms with Crippen LogP contribution in [0.2, 0.25) is 15.1 Å².